The molecule has 0 amide bonds. The fourth-order valence-electron chi connectivity index (χ4n) is 1.59. The third-order valence-electron chi connectivity index (χ3n) is 2.78. The number of thiocarbonyl (C=S) groups is 1. The van der Waals surface area contributed by atoms with Crippen molar-refractivity contribution in [1.82, 2.24) is 14.2 Å². The monoisotopic (exact) mass is 316 g/mol. The van der Waals surface area contributed by atoms with Gasteiger partial charge in [0, 0.05) is 19.8 Å². The zero-order valence-corrected chi connectivity index (χ0v) is 13.5. The molecule has 0 saturated heterocycles. The Kier molecular flexibility index (Phi) is 6.00. The summed E-state index contributed by atoms with van der Waals surface area (Å²) in [7, 11) is 1.95. The molecule has 0 aliphatic heterocycles. The molecule has 1 heterocycles. The van der Waals surface area contributed by atoms with Crippen LogP contribution in [0.4, 0.5) is 0 Å². The van der Waals surface area contributed by atoms with Gasteiger partial charge in [0.25, 0.3) is 0 Å². The van der Waals surface area contributed by atoms with Gasteiger partial charge in [-0.3, -0.25) is 4.98 Å². The van der Waals surface area contributed by atoms with Crippen molar-refractivity contribution in [3.05, 3.63) is 24.0 Å². The molecule has 0 aliphatic carbocycles. The molecule has 8 heteroatoms. The quantitative estimate of drug-likeness (QED) is 0.728. The zero-order chi connectivity index (χ0) is 15.3. The van der Waals surface area contributed by atoms with Crippen LogP contribution >= 0.6 is 12.2 Å². The number of aromatic nitrogens is 1. The Bertz CT molecular complexity index is 555. The van der Waals surface area contributed by atoms with Gasteiger partial charge in [-0.25, -0.2) is 12.7 Å². The molecule has 1 rings (SSSR count). The molecule has 112 valence electrons. The van der Waals surface area contributed by atoms with Gasteiger partial charge >= 0.3 is 0 Å². The summed E-state index contributed by atoms with van der Waals surface area (Å²) in [5.41, 5.74) is 5.84. The van der Waals surface area contributed by atoms with Gasteiger partial charge in [0.05, 0.1) is 5.69 Å². The Morgan fingerprint density at radius 3 is 2.40 bits per heavy atom. The zero-order valence-electron chi connectivity index (χ0n) is 11.9. The maximum absolute atomic E-state index is 12.3. The van der Waals surface area contributed by atoms with Gasteiger partial charge in [-0.15, -0.1) is 0 Å². The van der Waals surface area contributed by atoms with Gasteiger partial charge in [-0.05, 0) is 39.2 Å². The summed E-state index contributed by atoms with van der Waals surface area (Å²) < 4.78 is 25.9. The summed E-state index contributed by atoms with van der Waals surface area (Å²) in [5.74, 6) is 0. The maximum Gasteiger partial charge on any atom is 0.244 e. The van der Waals surface area contributed by atoms with Crippen molar-refractivity contribution >= 4 is 27.2 Å². The topological polar surface area (TPSA) is 79.5 Å². The highest BCUT2D eigenvalue weighted by Gasteiger charge is 2.20. The van der Waals surface area contributed by atoms with Gasteiger partial charge in [0.2, 0.25) is 10.0 Å². The van der Waals surface area contributed by atoms with Crippen LogP contribution in [-0.2, 0) is 10.0 Å². The van der Waals surface area contributed by atoms with Crippen molar-refractivity contribution in [3.63, 3.8) is 0 Å². The minimum Gasteiger partial charge on any atom is -0.388 e. The van der Waals surface area contributed by atoms with Crippen molar-refractivity contribution in [3.8, 4) is 0 Å². The van der Waals surface area contributed by atoms with E-state index in [1.165, 1.54) is 22.6 Å². The predicted octanol–water partition coefficient (Wildman–Crippen LogP) is 0.288. The van der Waals surface area contributed by atoms with Gasteiger partial charge in [0.1, 0.15) is 9.88 Å². The lowest BCUT2D eigenvalue weighted by atomic mass is 10.3. The minimum absolute atomic E-state index is 0.143. The molecule has 2 N–H and O–H groups in total. The number of hydrogen-bond donors (Lipinski definition) is 1. The van der Waals surface area contributed by atoms with Gasteiger partial charge in [-0.2, -0.15) is 0 Å². The molecule has 0 aromatic carbocycles. The molecule has 1 aromatic heterocycles. The van der Waals surface area contributed by atoms with Crippen LogP contribution in [0.5, 0.6) is 0 Å². The molecule has 20 heavy (non-hydrogen) atoms. The van der Waals surface area contributed by atoms with E-state index in [2.05, 4.69) is 4.98 Å². The molecule has 0 fully saturated rings. The van der Waals surface area contributed by atoms with Crippen LogP contribution in [0, 0.1) is 0 Å². The largest absolute Gasteiger partial charge is 0.388 e. The van der Waals surface area contributed by atoms with Gasteiger partial charge in [-0.1, -0.05) is 12.2 Å². The lowest BCUT2D eigenvalue weighted by Crippen LogP contribution is -2.30. The van der Waals surface area contributed by atoms with E-state index in [0.717, 1.165) is 13.0 Å². The Balaban J connectivity index is 2.79. The average molecular weight is 316 g/mol. The van der Waals surface area contributed by atoms with Crippen LogP contribution in [0.1, 0.15) is 12.1 Å². The summed E-state index contributed by atoms with van der Waals surface area (Å²) in [6.07, 6.45) is 2.05. The van der Waals surface area contributed by atoms with Crippen LogP contribution in [0.15, 0.2) is 23.2 Å². The lowest BCUT2D eigenvalue weighted by Gasteiger charge is -2.18. The lowest BCUT2D eigenvalue weighted by molar-refractivity contribution is 0.370. The second-order valence-corrected chi connectivity index (χ2v) is 7.21. The van der Waals surface area contributed by atoms with Crippen molar-refractivity contribution in [2.75, 3.05) is 34.2 Å². The van der Waals surface area contributed by atoms with E-state index >= 15 is 0 Å². The number of hydrogen-bond acceptors (Lipinski definition) is 5. The highest BCUT2D eigenvalue weighted by molar-refractivity contribution is 7.89. The van der Waals surface area contributed by atoms with E-state index in [1.807, 2.05) is 19.0 Å². The first-order valence-electron chi connectivity index (χ1n) is 6.12. The normalized spacial score (nSPS) is 12.1. The second kappa shape index (κ2) is 7.07. The third kappa shape index (κ3) is 4.48. The van der Waals surface area contributed by atoms with Crippen molar-refractivity contribution < 1.29 is 8.42 Å². The standard InChI is InChI=1S/C12H20N4O2S2/c1-15(2)7-4-8-16(3)20(17,18)10-5-6-11(12(13)19)14-9-10/h5-6,9H,4,7-8H2,1-3H3,(H2,13,19). The summed E-state index contributed by atoms with van der Waals surface area (Å²) in [6, 6.07) is 2.99. The highest BCUT2D eigenvalue weighted by Crippen LogP contribution is 2.13. The molecule has 0 saturated carbocycles. The Labute approximate surface area is 125 Å². The second-order valence-electron chi connectivity index (χ2n) is 4.73. The van der Waals surface area contributed by atoms with E-state index in [0.29, 0.717) is 12.2 Å². The van der Waals surface area contributed by atoms with Crippen molar-refractivity contribution in [1.29, 1.82) is 0 Å². The van der Waals surface area contributed by atoms with E-state index in [4.69, 9.17) is 18.0 Å². The van der Waals surface area contributed by atoms with Crippen LogP contribution in [0.3, 0.4) is 0 Å². The number of sulfonamides is 1. The highest BCUT2D eigenvalue weighted by atomic mass is 32.2. The summed E-state index contributed by atoms with van der Waals surface area (Å²) in [4.78, 5) is 6.26. The number of rotatable bonds is 7. The fraction of sp³-hybridized carbons (Fsp3) is 0.500. The molecule has 0 bridgehead atoms. The molecule has 0 radical (unpaired) electrons. The smallest absolute Gasteiger partial charge is 0.244 e. The summed E-state index contributed by atoms with van der Waals surface area (Å²) >= 11 is 4.78. The molecule has 0 unspecified atom stereocenters. The van der Waals surface area contributed by atoms with Crippen LogP contribution in [-0.4, -0.2) is 61.8 Å². The van der Waals surface area contributed by atoms with E-state index < -0.39 is 10.0 Å². The van der Waals surface area contributed by atoms with E-state index in [-0.39, 0.29) is 9.88 Å². The molecular weight excluding hydrogens is 296 g/mol. The predicted molar refractivity (Wildman–Crippen MR) is 83.1 cm³/mol. The van der Waals surface area contributed by atoms with Crippen LogP contribution < -0.4 is 5.73 Å². The van der Waals surface area contributed by atoms with Gasteiger partial charge in [0.15, 0.2) is 0 Å². The molecule has 6 nitrogen and oxygen atoms in total. The van der Waals surface area contributed by atoms with Crippen LogP contribution in [0.25, 0.3) is 0 Å². The van der Waals surface area contributed by atoms with Gasteiger partial charge < -0.3 is 10.6 Å². The SMILES string of the molecule is CN(C)CCCN(C)S(=O)(=O)c1ccc(C(N)=S)nc1. The molecule has 0 aliphatic rings. The maximum atomic E-state index is 12.3. The average Bonchev–Trinajstić information content (AvgIpc) is 2.38. The first-order chi connectivity index (χ1) is 9.25. The summed E-state index contributed by atoms with van der Waals surface area (Å²) in [6.45, 7) is 1.29. The molecule has 0 spiro atoms. The Morgan fingerprint density at radius 1 is 1.30 bits per heavy atom. The number of pyridine rings is 1. The van der Waals surface area contributed by atoms with Crippen molar-refractivity contribution in [2.45, 2.75) is 11.3 Å². The molecule has 1 aromatic rings. The third-order valence-corrected chi connectivity index (χ3v) is 4.82. The number of nitrogens with two attached hydrogens (primary N) is 1. The Hall–Kier alpha value is -1.09. The van der Waals surface area contributed by atoms with Crippen LogP contribution in [0.2, 0.25) is 0 Å². The first-order valence-corrected chi connectivity index (χ1v) is 7.97. The molecule has 0 atom stereocenters. The Morgan fingerprint density at radius 2 is 1.95 bits per heavy atom. The number of nitrogens with zero attached hydrogens (tertiary/aromatic N) is 3. The van der Waals surface area contributed by atoms with Crippen molar-refractivity contribution in [2.24, 2.45) is 5.73 Å². The van der Waals surface area contributed by atoms with E-state index in [9.17, 15) is 8.42 Å². The van der Waals surface area contributed by atoms with E-state index in [1.54, 1.807) is 7.05 Å². The minimum atomic E-state index is -3.51. The first kappa shape index (κ1) is 17.0. The fourth-order valence-corrected chi connectivity index (χ4v) is 2.86. The molecular formula is C12H20N4O2S2. The summed E-state index contributed by atoms with van der Waals surface area (Å²) in [5, 5.41) is 0.